The van der Waals surface area contributed by atoms with Crippen LogP contribution in [0.4, 0.5) is 0 Å². The van der Waals surface area contributed by atoms with E-state index in [1.807, 2.05) is 4.98 Å². The van der Waals surface area contributed by atoms with Crippen LogP contribution in [0.15, 0.2) is 9.59 Å². The highest BCUT2D eigenvalue weighted by Crippen LogP contribution is 2.27. The molecule has 2 aromatic heterocycles. The van der Waals surface area contributed by atoms with Gasteiger partial charge in [0.2, 0.25) is 0 Å². The lowest BCUT2D eigenvalue weighted by Crippen LogP contribution is -2.49. The van der Waals surface area contributed by atoms with Gasteiger partial charge in [0.05, 0.1) is 6.61 Å². The number of rotatable bonds is 1. The molecule has 4 unspecified atom stereocenters. The molecule has 1 aliphatic heterocycles. The van der Waals surface area contributed by atoms with Gasteiger partial charge >= 0.3 is 5.69 Å². The molecule has 0 amide bonds. The number of fused-ring (bicyclic) bond motifs is 1. The average Bonchev–Trinajstić information content (AvgIpc) is 2.80. The summed E-state index contributed by atoms with van der Waals surface area (Å²) in [7, 11) is 0. The number of nitrogens with one attached hydrogen (secondary N) is 3. The largest absolute Gasteiger partial charge is 0.388 e. The molecule has 2 aromatic rings. The first-order valence-electron chi connectivity index (χ1n) is 5.85. The number of aliphatic hydroxyl groups is 3. The van der Waals surface area contributed by atoms with Crippen LogP contribution in [-0.2, 0) is 4.74 Å². The van der Waals surface area contributed by atoms with Crippen molar-refractivity contribution in [2.45, 2.75) is 24.4 Å². The molecule has 1 fully saturated rings. The number of ether oxygens (including phenoxy) is 1. The molecule has 10 nitrogen and oxygen atoms in total. The van der Waals surface area contributed by atoms with Gasteiger partial charge in [0.15, 0.2) is 5.65 Å². The maximum atomic E-state index is 11.6. The molecular formula is C10H12N4O6. The molecule has 0 spiro atoms. The number of aromatic amines is 3. The summed E-state index contributed by atoms with van der Waals surface area (Å²) < 4.78 is 5.20. The molecule has 3 rings (SSSR count). The van der Waals surface area contributed by atoms with Crippen LogP contribution in [-0.4, -0.2) is 60.2 Å². The number of aromatic nitrogens is 4. The normalized spacial score (nSPS) is 30.8. The molecule has 10 heteroatoms. The Kier molecular flexibility index (Phi) is 2.94. The van der Waals surface area contributed by atoms with Crippen LogP contribution in [0.5, 0.6) is 0 Å². The van der Waals surface area contributed by atoms with Gasteiger partial charge in [-0.05, 0) is 0 Å². The average molecular weight is 284 g/mol. The fourth-order valence-corrected chi connectivity index (χ4v) is 2.13. The molecular weight excluding hydrogens is 272 g/mol. The van der Waals surface area contributed by atoms with E-state index >= 15 is 0 Å². The van der Waals surface area contributed by atoms with Crippen LogP contribution in [0.1, 0.15) is 11.9 Å². The molecule has 1 saturated heterocycles. The monoisotopic (exact) mass is 284 g/mol. The Bertz CT molecular complexity index is 748. The Hall–Kier alpha value is -2.01. The van der Waals surface area contributed by atoms with Gasteiger partial charge in [-0.2, -0.15) is 0 Å². The van der Waals surface area contributed by atoms with Crippen molar-refractivity contribution in [1.29, 1.82) is 0 Å². The second-order valence-electron chi connectivity index (χ2n) is 4.56. The third-order valence-corrected chi connectivity index (χ3v) is 3.18. The standard InChI is InChI=1S/C10H12N4O6/c15-2-1-20-6(5(17)4(2)16)8-11-3-7(12-8)13-10(19)14-9(3)18/h2,4-6,15-17H,1H2,(H3,11,12,13,14,18,19). The third-order valence-electron chi connectivity index (χ3n) is 3.18. The lowest BCUT2D eigenvalue weighted by molar-refractivity contribution is -0.191. The van der Waals surface area contributed by atoms with E-state index in [1.54, 1.807) is 0 Å². The van der Waals surface area contributed by atoms with E-state index < -0.39 is 35.7 Å². The van der Waals surface area contributed by atoms with E-state index in [-0.39, 0.29) is 23.6 Å². The Morgan fingerprint density at radius 1 is 1.10 bits per heavy atom. The Morgan fingerprint density at radius 2 is 1.85 bits per heavy atom. The molecule has 0 radical (unpaired) electrons. The van der Waals surface area contributed by atoms with Crippen LogP contribution in [0.2, 0.25) is 0 Å². The van der Waals surface area contributed by atoms with Gasteiger partial charge in [0.25, 0.3) is 5.56 Å². The Morgan fingerprint density at radius 3 is 2.60 bits per heavy atom. The van der Waals surface area contributed by atoms with Gasteiger partial charge in [-0.25, -0.2) is 9.78 Å². The third kappa shape index (κ3) is 1.94. The second kappa shape index (κ2) is 4.52. The lowest BCUT2D eigenvalue weighted by atomic mass is 10.00. The molecule has 0 bridgehead atoms. The molecule has 20 heavy (non-hydrogen) atoms. The van der Waals surface area contributed by atoms with E-state index in [0.29, 0.717) is 0 Å². The molecule has 6 N–H and O–H groups in total. The number of imidazole rings is 1. The van der Waals surface area contributed by atoms with E-state index in [0.717, 1.165) is 0 Å². The SMILES string of the molecule is O=c1[nH]c(=O)c2[nH]c(C3OCC(O)C(O)C3O)nc2[nH]1. The van der Waals surface area contributed by atoms with Crippen LogP contribution in [0, 0.1) is 0 Å². The van der Waals surface area contributed by atoms with Gasteiger partial charge in [-0.15, -0.1) is 0 Å². The first-order valence-corrected chi connectivity index (χ1v) is 5.85. The van der Waals surface area contributed by atoms with Gasteiger partial charge in [-0.3, -0.25) is 14.8 Å². The Labute approximate surface area is 110 Å². The maximum Gasteiger partial charge on any atom is 0.327 e. The van der Waals surface area contributed by atoms with Crippen molar-refractivity contribution in [3.05, 3.63) is 26.7 Å². The maximum absolute atomic E-state index is 11.6. The summed E-state index contributed by atoms with van der Waals surface area (Å²) in [5.41, 5.74) is -1.32. The predicted octanol–water partition coefficient (Wildman–Crippen LogP) is -2.91. The van der Waals surface area contributed by atoms with E-state index in [2.05, 4.69) is 15.0 Å². The summed E-state index contributed by atoms with van der Waals surface area (Å²) >= 11 is 0. The molecule has 0 aliphatic carbocycles. The second-order valence-corrected chi connectivity index (χ2v) is 4.56. The molecule has 3 heterocycles. The molecule has 0 saturated carbocycles. The van der Waals surface area contributed by atoms with Crippen LogP contribution in [0.3, 0.4) is 0 Å². The van der Waals surface area contributed by atoms with Gasteiger partial charge in [-0.1, -0.05) is 0 Å². The fourth-order valence-electron chi connectivity index (χ4n) is 2.13. The van der Waals surface area contributed by atoms with E-state index in [4.69, 9.17) is 4.74 Å². The summed E-state index contributed by atoms with van der Waals surface area (Å²) in [5, 5.41) is 28.8. The van der Waals surface area contributed by atoms with Crippen LogP contribution < -0.4 is 11.2 Å². The lowest BCUT2D eigenvalue weighted by Gasteiger charge is -2.34. The van der Waals surface area contributed by atoms with Crippen molar-refractivity contribution in [1.82, 2.24) is 19.9 Å². The minimum absolute atomic E-state index is 0.0187. The highest BCUT2D eigenvalue weighted by Gasteiger charge is 2.40. The van der Waals surface area contributed by atoms with Gasteiger partial charge in [0.1, 0.15) is 35.8 Å². The molecule has 0 aromatic carbocycles. The molecule has 4 atom stereocenters. The van der Waals surface area contributed by atoms with Crippen molar-refractivity contribution < 1.29 is 20.1 Å². The van der Waals surface area contributed by atoms with Gasteiger partial charge in [0, 0.05) is 0 Å². The van der Waals surface area contributed by atoms with Crippen molar-refractivity contribution in [3.8, 4) is 0 Å². The van der Waals surface area contributed by atoms with Crippen molar-refractivity contribution >= 4 is 11.2 Å². The zero-order valence-corrected chi connectivity index (χ0v) is 10.0. The highest BCUT2D eigenvalue weighted by molar-refractivity contribution is 5.68. The van der Waals surface area contributed by atoms with E-state index in [9.17, 15) is 24.9 Å². The summed E-state index contributed by atoms with van der Waals surface area (Å²) in [5.74, 6) is 0.0748. The quantitative estimate of drug-likeness (QED) is 0.326. The van der Waals surface area contributed by atoms with Crippen molar-refractivity contribution in [2.24, 2.45) is 0 Å². The fraction of sp³-hybridized carbons (Fsp3) is 0.500. The highest BCUT2D eigenvalue weighted by atomic mass is 16.5. The first-order chi connectivity index (χ1) is 9.47. The van der Waals surface area contributed by atoms with Crippen LogP contribution >= 0.6 is 0 Å². The van der Waals surface area contributed by atoms with Crippen LogP contribution in [0.25, 0.3) is 11.2 Å². The van der Waals surface area contributed by atoms with Crippen molar-refractivity contribution in [2.75, 3.05) is 6.61 Å². The topological polar surface area (TPSA) is 164 Å². The first kappa shape index (κ1) is 13.0. The number of H-pyrrole nitrogens is 3. The summed E-state index contributed by atoms with van der Waals surface area (Å²) in [4.78, 5) is 33.6. The predicted molar refractivity (Wildman–Crippen MR) is 64.0 cm³/mol. The Balaban J connectivity index is 2.05. The van der Waals surface area contributed by atoms with Gasteiger partial charge < -0.3 is 25.0 Å². The summed E-state index contributed by atoms with van der Waals surface area (Å²) in [6, 6.07) is 0. The number of hydrogen-bond donors (Lipinski definition) is 6. The zero-order chi connectivity index (χ0) is 14.4. The van der Waals surface area contributed by atoms with Crippen molar-refractivity contribution in [3.63, 3.8) is 0 Å². The number of aliphatic hydroxyl groups excluding tert-OH is 3. The smallest absolute Gasteiger partial charge is 0.327 e. The number of hydrogen-bond acceptors (Lipinski definition) is 7. The number of nitrogens with zero attached hydrogens (tertiary/aromatic N) is 1. The summed E-state index contributed by atoms with van der Waals surface area (Å²) in [6.45, 7) is -0.188. The molecule has 1 aliphatic rings. The minimum atomic E-state index is -1.41. The minimum Gasteiger partial charge on any atom is -0.388 e. The summed E-state index contributed by atoms with van der Waals surface area (Å²) in [6.07, 6.45) is -5.04. The zero-order valence-electron chi connectivity index (χ0n) is 10.0. The molecule has 108 valence electrons. The van der Waals surface area contributed by atoms with E-state index in [1.165, 1.54) is 0 Å².